The van der Waals surface area contributed by atoms with Crippen molar-refractivity contribution < 1.29 is 8.42 Å². The van der Waals surface area contributed by atoms with E-state index in [-0.39, 0.29) is 0 Å². The van der Waals surface area contributed by atoms with E-state index in [0.717, 1.165) is 29.4 Å². The smallest absolute Gasteiger partial charge is 0.232 e. The Balaban J connectivity index is 2.20. The molecule has 1 aromatic heterocycles. The number of thiazole rings is 1. The van der Waals surface area contributed by atoms with Crippen LogP contribution in [0.4, 0.5) is 10.8 Å². The topological polar surface area (TPSA) is 62.3 Å². The predicted molar refractivity (Wildman–Crippen MR) is 94.2 cm³/mol. The number of anilines is 2. The number of rotatable bonds is 7. The maximum atomic E-state index is 11.7. The summed E-state index contributed by atoms with van der Waals surface area (Å²) in [6.07, 6.45) is 2.28. The highest BCUT2D eigenvalue weighted by molar-refractivity contribution is 7.92. The Morgan fingerprint density at radius 3 is 2.45 bits per heavy atom. The Morgan fingerprint density at radius 1 is 1.23 bits per heavy atom. The Morgan fingerprint density at radius 2 is 1.91 bits per heavy atom. The quantitative estimate of drug-likeness (QED) is 0.839. The lowest BCUT2D eigenvalue weighted by Crippen LogP contribution is -2.29. The lowest BCUT2D eigenvalue weighted by Gasteiger charge is -2.20. The van der Waals surface area contributed by atoms with Crippen molar-refractivity contribution in [3.63, 3.8) is 0 Å². The van der Waals surface area contributed by atoms with Crippen molar-refractivity contribution in [3.05, 3.63) is 29.6 Å². The number of benzene rings is 1. The first-order valence-electron chi connectivity index (χ1n) is 7.23. The zero-order valence-electron chi connectivity index (χ0n) is 13.0. The number of aromatic nitrogens is 1. The molecule has 120 valence electrons. The Bertz CT molecular complexity index is 709. The van der Waals surface area contributed by atoms with E-state index in [0.29, 0.717) is 12.2 Å². The van der Waals surface area contributed by atoms with Crippen molar-refractivity contribution in [1.29, 1.82) is 0 Å². The third-order valence-corrected chi connectivity index (χ3v) is 5.24. The largest absolute Gasteiger partial charge is 0.362 e. The summed E-state index contributed by atoms with van der Waals surface area (Å²) < 4.78 is 24.8. The summed E-state index contributed by atoms with van der Waals surface area (Å²) in [4.78, 5) is 4.54. The second-order valence-electron chi connectivity index (χ2n) is 4.94. The van der Waals surface area contributed by atoms with Gasteiger partial charge in [0.2, 0.25) is 10.0 Å². The molecule has 2 aromatic rings. The SMILES string of the molecule is CCCNc1nc(-c2ccc(N(CC)S(C)(=O)=O)cc2)cs1. The highest BCUT2D eigenvalue weighted by Gasteiger charge is 2.15. The highest BCUT2D eigenvalue weighted by Crippen LogP contribution is 2.27. The van der Waals surface area contributed by atoms with Crippen LogP contribution in [0.5, 0.6) is 0 Å². The number of hydrogen-bond donors (Lipinski definition) is 1. The molecule has 0 amide bonds. The average molecular weight is 339 g/mol. The molecule has 22 heavy (non-hydrogen) atoms. The molecule has 0 aliphatic heterocycles. The van der Waals surface area contributed by atoms with Gasteiger partial charge < -0.3 is 5.32 Å². The molecule has 0 fully saturated rings. The minimum atomic E-state index is -3.24. The van der Waals surface area contributed by atoms with Crippen LogP contribution >= 0.6 is 11.3 Å². The van der Waals surface area contributed by atoms with Gasteiger partial charge in [-0.15, -0.1) is 11.3 Å². The van der Waals surface area contributed by atoms with Crippen LogP contribution in [0.2, 0.25) is 0 Å². The fraction of sp³-hybridized carbons (Fsp3) is 0.400. The summed E-state index contributed by atoms with van der Waals surface area (Å²) in [6.45, 7) is 5.26. The first-order valence-corrected chi connectivity index (χ1v) is 9.96. The van der Waals surface area contributed by atoms with E-state index in [1.54, 1.807) is 11.3 Å². The Hall–Kier alpha value is -1.60. The summed E-state index contributed by atoms with van der Waals surface area (Å²) >= 11 is 1.58. The van der Waals surface area contributed by atoms with Gasteiger partial charge in [0.25, 0.3) is 0 Å². The van der Waals surface area contributed by atoms with Gasteiger partial charge in [0.05, 0.1) is 17.6 Å². The van der Waals surface area contributed by atoms with E-state index in [4.69, 9.17) is 0 Å². The molecular formula is C15H21N3O2S2. The third-order valence-electron chi connectivity index (χ3n) is 3.17. The second-order valence-corrected chi connectivity index (χ2v) is 7.70. The Labute approximate surface area is 136 Å². The van der Waals surface area contributed by atoms with Gasteiger partial charge in [-0.05, 0) is 25.5 Å². The molecule has 0 saturated heterocycles. The van der Waals surface area contributed by atoms with Crippen molar-refractivity contribution in [2.45, 2.75) is 20.3 Å². The molecule has 5 nitrogen and oxygen atoms in total. The van der Waals surface area contributed by atoms with Crippen molar-refractivity contribution >= 4 is 32.2 Å². The van der Waals surface area contributed by atoms with Crippen LogP contribution in [0.25, 0.3) is 11.3 Å². The average Bonchev–Trinajstić information content (AvgIpc) is 2.94. The minimum Gasteiger partial charge on any atom is -0.362 e. The molecule has 0 unspecified atom stereocenters. The zero-order valence-corrected chi connectivity index (χ0v) is 14.7. The maximum absolute atomic E-state index is 11.7. The molecule has 2 rings (SSSR count). The Kier molecular flexibility index (Phi) is 5.42. The van der Waals surface area contributed by atoms with Crippen LogP contribution in [0, 0.1) is 0 Å². The third kappa shape index (κ3) is 3.98. The minimum absolute atomic E-state index is 0.417. The molecule has 0 atom stereocenters. The van der Waals surface area contributed by atoms with Crippen LogP contribution in [-0.4, -0.2) is 32.7 Å². The van der Waals surface area contributed by atoms with E-state index in [1.807, 2.05) is 36.6 Å². The van der Waals surface area contributed by atoms with Crippen molar-refractivity contribution in [2.75, 3.05) is 29.0 Å². The van der Waals surface area contributed by atoms with Gasteiger partial charge in [0.15, 0.2) is 5.13 Å². The molecule has 0 radical (unpaired) electrons. The first kappa shape index (κ1) is 16.8. The molecule has 1 heterocycles. The molecule has 0 spiro atoms. The van der Waals surface area contributed by atoms with Crippen LogP contribution in [0.15, 0.2) is 29.6 Å². The monoisotopic (exact) mass is 339 g/mol. The summed E-state index contributed by atoms with van der Waals surface area (Å²) in [6, 6.07) is 7.44. The van der Waals surface area contributed by atoms with Crippen LogP contribution in [-0.2, 0) is 10.0 Å². The van der Waals surface area contributed by atoms with Gasteiger partial charge in [-0.2, -0.15) is 0 Å². The molecule has 0 bridgehead atoms. The van der Waals surface area contributed by atoms with Gasteiger partial charge in [-0.3, -0.25) is 4.31 Å². The first-order chi connectivity index (χ1) is 10.5. The predicted octanol–water partition coefficient (Wildman–Crippen LogP) is 3.42. The lowest BCUT2D eigenvalue weighted by atomic mass is 10.1. The van der Waals surface area contributed by atoms with Crippen molar-refractivity contribution in [3.8, 4) is 11.3 Å². The molecule has 1 aromatic carbocycles. The fourth-order valence-corrected chi connectivity index (χ4v) is 3.85. The number of sulfonamides is 1. The van der Waals surface area contributed by atoms with Crippen molar-refractivity contribution in [2.24, 2.45) is 0 Å². The van der Waals surface area contributed by atoms with E-state index in [9.17, 15) is 8.42 Å². The van der Waals surface area contributed by atoms with Gasteiger partial charge >= 0.3 is 0 Å². The number of nitrogens with one attached hydrogen (secondary N) is 1. The molecule has 0 aliphatic rings. The van der Waals surface area contributed by atoms with E-state index >= 15 is 0 Å². The number of hydrogen-bond acceptors (Lipinski definition) is 5. The standard InChI is InChI=1S/C15H21N3O2S2/c1-4-10-16-15-17-14(11-21-15)12-6-8-13(9-7-12)18(5-2)22(3,19)20/h6-9,11H,4-5,10H2,1-3H3,(H,16,17). The molecule has 1 N–H and O–H groups in total. The maximum Gasteiger partial charge on any atom is 0.232 e. The van der Waals surface area contributed by atoms with E-state index in [2.05, 4.69) is 17.2 Å². The summed E-state index contributed by atoms with van der Waals surface area (Å²) in [5, 5.41) is 6.17. The van der Waals surface area contributed by atoms with Gasteiger partial charge in [0.1, 0.15) is 0 Å². The van der Waals surface area contributed by atoms with Gasteiger partial charge in [-0.1, -0.05) is 19.1 Å². The fourth-order valence-electron chi connectivity index (χ4n) is 2.13. The highest BCUT2D eigenvalue weighted by atomic mass is 32.2. The normalized spacial score (nSPS) is 11.4. The molecule has 7 heteroatoms. The van der Waals surface area contributed by atoms with Crippen LogP contribution < -0.4 is 9.62 Å². The molecule has 0 saturated carbocycles. The van der Waals surface area contributed by atoms with E-state index in [1.165, 1.54) is 10.6 Å². The van der Waals surface area contributed by atoms with Gasteiger partial charge in [-0.25, -0.2) is 13.4 Å². The van der Waals surface area contributed by atoms with E-state index < -0.39 is 10.0 Å². The summed E-state index contributed by atoms with van der Waals surface area (Å²) in [5.41, 5.74) is 2.56. The summed E-state index contributed by atoms with van der Waals surface area (Å²) in [5.74, 6) is 0. The molecule has 0 aliphatic carbocycles. The zero-order chi connectivity index (χ0) is 16.2. The summed E-state index contributed by atoms with van der Waals surface area (Å²) in [7, 11) is -3.24. The van der Waals surface area contributed by atoms with Crippen molar-refractivity contribution in [1.82, 2.24) is 4.98 Å². The number of nitrogens with zero attached hydrogens (tertiary/aromatic N) is 2. The van der Waals surface area contributed by atoms with Crippen LogP contribution in [0.1, 0.15) is 20.3 Å². The second kappa shape index (κ2) is 7.11. The lowest BCUT2D eigenvalue weighted by molar-refractivity contribution is 0.598. The van der Waals surface area contributed by atoms with Gasteiger partial charge in [0, 0.05) is 24.0 Å². The molecular weight excluding hydrogens is 318 g/mol. The van der Waals surface area contributed by atoms with Crippen LogP contribution in [0.3, 0.4) is 0 Å².